The van der Waals surface area contributed by atoms with E-state index in [2.05, 4.69) is 15.6 Å². The zero-order valence-electron chi connectivity index (χ0n) is 13.3. The van der Waals surface area contributed by atoms with Gasteiger partial charge in [-0.1, -0.05) is 23.7 Å². The number of rotatable bonds is 8. The minimum atomic E-state index is -0.0669. The number of methoxy groups -OCH3 is 1. The molecule has 0 fully saturated rings. The van der Waals surface area contributed by atoms with Crippen LogP contribution in [-0.2, 0) is 4.74 Å². The first-order valence-corrected chi connectivity index (χ1v) is 7.47. The number of hydrogen-bond donors (Lipinski definition) is 2. The van der Waals surface area contributed by atoms with Gasteiger partial charge in [-0.3, -0.25) is 0 Å². The van der Waals surface area contributed by atoms with Crippen LogP contribution in [0.4, 0.5) is 0 Å². The van der Waals surface area contributed by atoms with Crippen LogP contribution in [0, 0.1) is 0 Å². The Balaban J connectivity index is 0.00000441. The number of hydrogen-bond acceptors (Lipinski definition) is 3. The van der Waals surface area contributed by atoms with Gasteiger partial charge in [0, 0.05) is 20.2 Å². The molecule has 1 aromatic carbocycles. The molecule has 0 aliphatic heterocycles. The molecule has 2 N–H and O–H groups in total. The summed E-state index contributed by atoms with van der Waals surface area (Å²) in [5.41, 5.74) is 0. The van der Waals surface area contributed by atoms with E-state index in [-0.39, 0.29) is 30.1 Å². The summed E-state index contributed by atoms with van der Waals surface area (Å²) < 4.78 is 10.8. The highest BCUT2D eigenvalue weighted by molar-refractivity contribution is 14.0. The molecule has 1 aromatic rings. The lowest BCUT2D eigenvalue weighted by Gasteiger charge is -2.15. The Morgan fingerprint density at radius 3 is 2.68 bits per heavy atom. The van der Waals surface area contributed by atoms with Gasteiger partial charge in [0.25, 0.3) is 0 Å². The molecule has 0 saturated carbocycles. The average molecular weight is 442 g/mol. The number of nitrogens with zero attached hydrogens (tertiary/aromatic N) is 1. The van der Waals surface area contributed by atoms with Crippen LogP contribution in [0.1, 0.15) is 13.8 Å². The Kier molecular flexibility index (Phi) is 12.4. The average Bonchev–Trinajstić information content (AvgIpc) is 2.47. The lowest BCUT2D eigenvalue weighted by atomic mass is 10.3. The van der Waals surface area contributed by atoms with Crippen LogP contribution in [0.15, 0.2) is 29.3 Å². The first kappa shape index (κ1) is 21.3. The molecule has 0 amide bonds. The Morgan fingerprint density at radius 2 is 2.05 bits per heavy atom. The SMILES string of the molecule is CCNC(=NCC(C)Oc1ccccc1Cl)NCCOC.I. The van der Waals surface area contributed by atoms with Crippen LogP contribution in [0.3, 0.4) is 0 Å². The van der Waals surface area contributed by atoms with Gasteiger partial charge in [-0.25, -0.2) is 4.99 Å². The summed E-state index contributed by atoms with van der Waals surface area (Å²) in [6.45, 7) is 6.67. The molecule has 0 bridgehead atoms. The van der Waals surface area contributed by atoms with E-state index in [0.29, 0.717) is 30.5 Å². The van der Waals surface area contributed by atoms with E-state index in [9.17, 15) is 0 Å². The summed E-state index contributed by atoms with van der Waals surface area (Å²) in [5.74, 6) is 1.43. The van der Waals surface area contributed by atoms with E-state index < -0.39 is 0 Å². The van der Waals surface area contributed by atoms with Crippen molar-refractivity contribution in [2.24, 2.45) is 4.99 Å². The maximum atomic E-state index is 6.07. The molecule has 22 heavy (non-hydrogen) atoms. The molecule has 0 heterocycles. The normalized spacial score (nSPS) is 12.3. The van der Waals surface area contributed by atoms with E-state index in [1.807, 2.05) is 38.1 Å². The van der Waals surface area contributed by atoms with Crippen LogP contribution >= 0.6 is 35.6 Å². The molecule has 0 saturated heterocycles. The van der Waals surface area contributed by atoms with Crippen molar-refractivity contribution < 1.29 is 9.47 Å². The van der Waals surface area contributed by atoms with Crippen molar-refractivity contribution in [2.75, 3.05) is 33.4 Å². The van der Waals surface area contributed by atoms with E-state index >= 15 is 0 Å². The third-order valence-corrected chi connectivity index (χ3v) is 2.93. The largest absolute Gasteiger partial charge is 0.487 e. The predicted molar refractivity (Wildman–Crippen MR) is 103 cm³/mol. The summed E-state index contributed by atoms with van der Waals surface area (Å²) in [5, 5.41) is 6.97. The van der Waals surface area contributed by atoms with Gasteiger partial charge >= 0.3 is 0 Å². The third kappa shape index (κ3) is 8.65. The van der Waals surface area contributed by atoms with Crippen molar-refractivity contribution in [3.8, 4) is 5.75 Å². The Labute approximate surface area is 154 Å². The molecule has 0 radical (unpaired) electrons. The molecule has 7 heteroatoms. The molecule has 5 nitrogen and oxygen atoms in total. The van der Waals surface area contributed by atoms with E-state index in [1.54, 1.807) is 7.11 Å². The maximum absolute atomic E-state index is 6.07. The number of halogens is 2. The second kappa shape index (κ2) is 12.8. The number of ether oxygens (including phenoxy) is 2. The van der Waals surface area contributed by atoms with Crippen molar-refractivity contribution in [1.82, 2.24) is 10.6 Å². The molecule has 0 spiro atoms. The van der Waals surface area contributed by atoms with Gasteiger partial charge in [-0.15, -0.1) is 24.0 Å². The predicted octanol–water partition coefficient (Wildman–Crippen LogP) is 2.93. The zero-order chi connectivity index (χ0) is 15.5. The Bertz CT molecular complexity index is 447. The minimum absolute atomic E-state index is 0. The molecule has 1 rings (SSSR count). The van der Waals surface area contributed by atoms with Crippen LogP contribution < -0.4 is 15.4 Å². The van der Waals surface area contributed by atoms with Crippen molar-refractivity contribution in [3.63, 3.8) is 0 Å². The number of aliphatic imine (C=N–C) groups is 1. The summed E-state index contributed by atoms with van der Waals surface area (Å²) >= 11 is 6.07. The highest BCUT2D eigenvalue weighted by atomic mass is 127. The number of guanidine groups is 1. The van der Waals surface area contributed by atoms with E-state index in [0.717, 1.165) is 12.5 Å². The zero-order valence-corrected chi connectivity index (χ0v) is 16.4. The standard InChI is InChI=1S/C15H24ClN3O2.HI/c1-4-17-15(18-9-10-20-3)19-11-12(2)21-14-8-6-5-7-13(14)16;/h5-8,12H,4,9-11H2,1-3H3,(H2,17,18,19);1H. The monoisotopic (exact) mass is 441 g/mol. The minimum Gasteiger partial charge on any atom is -0.487 e. The van der Waals surface area contributed by atoms with Crippen molar-refractivity contribution in [2.45, 2.75) is 20.0 Å². The molecular weight excluding hydrogens is 417 g/mol. The van der Waals surface area contributed by atoms with Crippen molar-refractivity contribution in [1.29, 1.82) is 0 Å². The molecule has 1 atom stereocenters. The number of nitrogens with one attached hydrogen (secondary N) is 2. The van der Waals surface area contributed by atoms with Crippen molar-refractivity contribution >= 4 is 41.5 Å². The Morgan fingerprint density at radius 1 is 1.32 bits per heavy atom. The van der Waals surface area contributed by atoms with Gasteiger partial charge in [0.2, 0.25) is 0 Å². The highest BCUT2D eigenvalue weighted by Gasteiger charge is 2.07. The summed E-state index contributed by atoms with van der Waals surface area (Å²) in [4.78, 5) is 4.48. The second-order valence-corrected chi connectivity index (χ2v) is 4.91. The lowest BCUT2D eigenvalue weighted by molar-refractivity contribution is 0.203. The number of benzene rings is 1. The summed E-state index contributed by atoms with van der Waals surface area (Å²) in [6, 6.07) is 7.43. The second-order valence-electron chi connectivity index (χ2n) is 4.50. The fraction of sp³-hybridized carbons (Fsp3) is 0.533. The smallest absolute Gasteiger partial charge is 0.191 e. The summed E-state index contributed by atoms with van der Waals surface area (Å²) in [6.07, 6.45) is -0.0669. The van der Waals surface area contributed by atoms with Gasteiger partial charge in [0.05, 0.1) is 18.2 Å². The van der Waals surface area contributed by atoms with E-state index in [4.69, 9.17) is 21.1 Å². The Hall–Kier alpha value is -0.730. The van der Waals surface area contributed by atoms with Gasteiger partial charge in [-0.2, -0.15) is 0 Å². The van der Waals surface area contributed by atoms with Crippen LogP contribution in [-0.4, -0.2) is 45.4 Å². The molecule has 0 aliphatic carbocycles. The van der Waals surface area contributed by atoms with Gasteiger partial charge in [0.15, 0.2) is 5.96 Å². The van der Waals surface area contributed by atoms with Crippen LogP contribution in [0.2, 0.25) is 5.02 Å². The van der Waals surface area contributed by atoms with Gasteiger partial charge in [-0.05, 0) is 26.0 Å². The lowest BCUT2D eigenvalue weighted by Crippen LogP contribution is -2.39. The van der Waals surface area contributed by atoms with Gasteiger partial charge in [0.1, 0.15) is 11.9 Å². The highest BCUT2D eigenvalue weighted by Crippen LogP contribution is 2.24. The summed E-state index contributed by atoms with van der Waals surface area (Å²) in [7, 11) is 1.67. The van der Waals surface area contributed by atoms with E-state index in [1.165, 1.54) is 0 Å². The first-order valence-electron chi connectivity index (χ1n) is 7.09. The fourth-order valence-corrected chi connectivity index (χ4v) is 1.81. The van der Waals surface area contributed by atoms with Crippen LogP contribution in [0.25, 0.3) is 0 Å². The molecular formula is C15H25ClIN3O2. The quantitative estimate of drug-likeness (QED) is 0.282. The molecule has 0 aliphatic rings. The van der Waals surface area contributed by atoms with Crippen molar-refractivity contribution in [3.05, 3.63) is 29.3 Å². The van der Waals surface area contributed by atoms with Gasteiger partial charge < -0.3 is 20.1 Å². The first-order chi connectivity index (χ1) is 10.2. The molecule has 0 aromatic heterocycles. The fourth-order valence-electron chi connectivity index (χ4n) is 1.63. The maximum Gasteiger partial charge on any atom is 0.191 e. The molecule has 126 valence electrons. The third-order valence-electron chi connectivity index (χ3n) is 2.61. The van der Waals surface area contributed by atoms with Crippen LogP contribution in [0.5, 0.6) is 5.75 Å². The topological polar surface area (TPSA) is 54.9 Å². The molecule has 1 unspecified atom stereocenters. The number of para-hydroxylation sites is 1.